The molecule has 0 amide bonds. The van der Waals surface area contributed by atoms with E-state index >= 15 is 0 Å². The van der Waals surface area contributed by atoms with Crippen LogP contribution in [0, 0.1) is 0 Å². The number of hydrogen-bond donors (Lipinski definition) is 0. The summed E-state index contributed by atoms with van der Waals surface area (Å²) in [6.07, 6.45) is 2.36. The van der Waals surface area contributed by atoms with Crippen LogP contribution in [-0.2, 0) is 11.2 Å². The van der Waals surface area contributed by atoms with Gasteiger partial charge in [-0.05, 0) is 0 Å². The molecular formula is C10H13NOS3. The van der Waals surface area contributed by atoms with Gasteiger partial charge in [-0.15, -0.1) is 23.1 Å². The Kier molecular flexibility index (Phi) is 4.11. The van der Waals surface area contributed by atoms with E-state index in [1.54, 1.807) is 23.0 Å². The standard InChI is InChI=1S/C10H13NOS3/c1-7-10(14-3-2-13-7)9(12)4-8-5-11-6-15-8/h5-7,10H,2-4H2,1H3. The summed E-state index contributed by atoms with van der Waals surface area (Å²) in [6.45, 7) is 2.16. The fraction of sp³-hybridized carbons (Fsp3) is 0.600. The van der Waals surface area contributed by atoms with Crippen LogP contribution in [-0.4, -0.2) is 32.8 Å². The van der Waals surface area contributed by atoms with Gasteiger partial charge in [0.05, 0.1) is 10.8 Å². The SMILES string of the molecule is CC1SCCSC1C(=O)Cc1cncs1. The number of nitrogens with zero attached hydrogens (tertiary/aromatic N) is 1. The highest BCUT2D eigenvalue weighted by molar-refractivity contribution is 8.07. The predicted octanol–water partition coefficient (Wildman–Crippen LogP) is 2.49. The Labute approximate surface area is 102 Å². The lowest BCUT2D eigenvalue weighted by atomic mass is 10.1. The Hall–Kier alpha value is -0.0000000000000000833. The molecule has 15 heavy (non-hydrogen) atoms. The topological polar surface area (TPSA) is 30.0 Å². The van der Waals surface area contributed by atoms with Crippen molar-refractivity contribution < 1.29 is 4.79 Å². The van der Waals surface area contributed by atoms with Gasteiger partial charge in [0, 0.05) is 34.3 Å². The van der Waals surface area contributed by atoms with Gasteiger partial charge >= 0.3 is 0 Å². The van der Waals surface area contributed by atoms with Crippen LogP contribution in [0.2, 0.25) is 0 Å². The molecule has 0 saturated carbocycles. The first-order valence-electron chi connectivity index (χ1n) is 4.90. The normalized spacial score (nSPS) is 26.5. The summed E-state index contributed by atoms with van der Waals surface area (Å²) >= 11 is 5.30. The number of carbonyl (C=O) groups is 1. The van der Waals surface area contributed by atoms with Crippen molar-refractivity contribution in [3.63, 3.8) is 0 Å². The first-order valence-corrected chi connectivity index (χ1v) is 7.88. The lowest BCUT2D eigenvalue weighted by molar-refractivity contribution is -0.117. The Balaban J connectivity index is 1.95. The van der Waals surface area contributed by atoms with E-state index in [4.69, 9.17) is 0 Å². The van der Waals surface area contributed by atoms with E-state index < -0.39 is 0 Å². The van der Waals surface area contributed by atoms with Crippen LogP contribution in [0.5, 0.6) is 0 Å². The Morgan fingerprint density at radius 1 is 1.53 bits per heavy atom. The third kappa shape index (κ3) is 2.98. The maximum atomic E-state index is 12.0. The highest BCUT2D eigenvalue weighted by atomic mass is 32.2. The number of Topliss-reactive ketones (excluding diaryl/α,β-unsaturated/α-hetero) is 1. The van der Waals surface area contributed by atoms with Crippen LogP contribution in [0.25, 0.3) is 0 Å². The van der Waals surface area contributed by atoms with Crippen molar-refractivity contribution in [1.82, 2.24) is 4.98 Å². The summed E-state index contributed by atoms with van der Waals surface area (Å²) in [4.78, 5) is 17.1. The van der Waals surface area contributed by atoms with E-state index in [2.05, 4.69) is 11.9 Å². The van der Waals surface area contributed by atoms with Gasteiger partial charge in [0.1, 0.15) is 0 Å². The van der Waals surface area contributed by atoms with Crippen LogP contribution in [0.4, 0.5) is 0 Å². The van der Waals surface area contributed by atoms with Crippen LogP contribution < -0.4 is 0 Å². The third-order valence-corrected chi connectivity index (χ3v) is 6.26. The quantitative estimate of drug-likeness (QED) is 0.834. The molecule has 0 spiro atoms. The maximum absolute atomic E-state index is 12.0. The highest BCUT2D eigenvalue weighted by Gasteiger charge is 2.28. The molecule has 1 fully saturated rings. The smallest absolute Gasteiger partial charge is 0.152 e. The summed E-state index contributed by atoms with van der Waals surface area (Å²) in [7, 11) is 0. The number of aromatic nitrogens is 1. The zero-order valence-corrected chi connectivity index (χ0v) is 11.0. The van der Waals surface area contributed by atoms with Crippen molar-refractivity contribution >= 4 is 40.6 Å². The second kappa shape index (κ2) is 5.37. The number of thiazole rings is 1. The first kappa shape index (κ1) is 11.5. The summed E-state index contributed by atoms with van der Waals surface area (Å²) in [5, 5.41) is 0.648. The van der Waals surface area contributed by atoms with Gasteiger partial charge < -0.3 is 0 Å². The lowest BCUT2D eigenvalue weighted by Crippen LogP contribution is -2.32. The maximum Gasteiger partial charge on any atom is 0.152 e. The van der Waals surface area contributed by atoms with E-state index in [1.807, 2.05) is 23.5 Å². The minimum absolute atomic E-state index is 0.186. The molecule has 2 unspecified atom stereocenters. The molecule has 1 aromatic rings. The zero-order chi connectivity index (χ0) is 10.7. The lowest BCUT2D eigenvalue weighted by Gasteiger charge is -2.26. The first-order chi connectivity index (χ1) is 7.27. The number of carbonyl (C=O) groups excluding carboxylic acids is 1. The number of thioether (sulfide) groups is 2. The molecule has 0 bridgehead atoms. The number of hydrogen-bond acceptors (Lipinski definition) is 5. The zero-order valence-electron chi connectivity index (χ0n) is 8.51. The molecule has 2 heterocycles. The van der Waals surface area contributed by atoms with Gasteiger partial charge in [-0.2, -0.15) is 11.8 Å². The summed E-state index contributed by atoms with van der Waals surface area (Å²) in [5.41, 5.74) is 1.79. The van der Waals surface area contributed by atoms with Crippen LogP contribution in [0.15, 0.2) is 11.7 Å². The molecule has 82 valence electrons. The Bertz CT molecular complexity index is 325. The largest absolute Gasteiger partial charge is 0.298 e. The average Bonchev–Trinajstić information content (AvgIpc) is 2.71. The molecule has 1 aromatic heterocycles. The minimum atomic E-state index is 0.186. The predicted molar refractivity (Wildman–Crippen MR) is 69.0 cm³/mol. The molecular weight excluding hydrogens is 246 g/mol. The van der Waals surface area contributed by atoms with Gasteiger partial charge in [-0.3, -0.25) is 9.78 Å². The molecule has 1 aliphatic rings. The average molecular weight is 259 g/mol. The van der Waals surface area contributed by atoms with Gasteiger partial charge in [0.25, 0.3) is 0 Å². The molecule has 0 aliphatic carbocycles. The number of rotatable bonds is 3. The molecule has 2 nitrogen and oxygen atoms in total. The molecule has 0 aromatic carbocycles. The van der Waals surface area contributed by atoms with E-state index in [9.17, 15) is 4.79 Å². The Morgan fingerprint density at radius 2 is 2.33 bits per heavy atom. The number of ketones is 1. The molecule has 1 saturated heterocycles. The molecule has 2 rings (SSSR count). The van der Waals surface area contributed by atoms with Crippen LogP contribution >= 0.6 is 34.9 Å². The van der Waals surface area contributed by atoms with Crippen molar-refractivity contribution in [3.05, 3.63) is 16.6 Å². The van der Waals surface area contributed by atoms with Crippen molar-refractivity contribution in [2.75, 3.05) is 11.5 Å². The van der Waals surface area contributed by atoms with Crippen molar-refractivity contribution in [1.29, 1.82) is 0 Å². The molecule has 2 atom stereocenters. The summed E-state index contributed by atoms with van der Waals surface area (Å²) < 4.78 is 0. The Morgan fingerprint density at radius 3 is 3.00 bits per heavy atom. The second-order valence-electron chi connectivity index (χ2n) is 3.48. The highest BCUT2D eigenvalue weighted by Crippen LogP contribution is 2.32. The second-order valence-corrected chi connectivity index (χ2v) is 7.18. The van der Waals surface area contributed by atoms with E-state index in [0.29, 0.717) is 17.5 Å². The van der Waals surface area contributed by atoms with Gasteiger partial charge in [0.2, 0.25) is 0 Å². The van der Waals surface area contributed by atoms with Gasteiger partial charge in [-0.1, -0.05) is 6.92 Å². The van der Waals surface area contributed by atoms with E-state index in [0.717, 1.165) is 10.6 Å². The van der Waals surface area contributed by atoms with Crippen LogP contribution in [0.1, 0.15) is 11.8 Å². The van der Waals surface area contributed by atoms with E-state index in [1.165, 1.54) is 5.75 Å². The molecule has 1 aliphatic heterocycles. The van der Waals surface area contributed by atoms with Crippen molar-refractivity contribution in [2.24, 2.45) is 0 Å². The third-order valence-electron chi connectivity index (χ3n) is 2.34. The minimum Gasteiger partial charge on any atom is -0.298 e. The van der Waals surface area contributed by atoms with Crippen molar-refractivity contribution in [2.45, 2.75) is 23.8 Å². The van der Waals surface area contributed by atoms with Gasteiger partial charge in [0.15, 0.2) is 5.78 Å². The fourth-order valence-corrected chi connectivity index (χ4v) is 4.93. The van der Waals surface area contributed by atoms with Crippen LogP contribution in [0.3, 0.4) is 0 Å². The molecule has 5 heteroatoms. The van der Waals surface area contributed by atoms with E-state index in [-0.39, 0.29) is 5.25 Å². The molecule has 0 radical (unpaired) electrons. The fourth-order valence-electron chi connectivity index (χ4n) is 1.59. The molecule has 0 N–H and O–H groups in total. The summed E-state index contributed by atoms with van der Waals surface area (Å²) in [5.74, 6) is 2.65. The van der Waals surface area contributed by atoms with Gasteiger partial charge in [-0.25, -0.2) is 0 Å². The summed E-state index contributed by atoms with van der Waals surface area (Å²) in [6, 6.07) is 0. The monoisotopic (exact) mass is 259 g/mol. The van der Waals surface area contributed by atoms with Crippen molar-refractivity contribution in [3.8, 4) is 0 Å².